The molecule has 2 N–H and O–H groups in total. The number of benzene rings is 2. The van der Waals surface area contributed by atoms with Crippen LogP contribution < -0.4 is 5.73 Å². The molecule has 4 aromatic rings. The second-order valence-electron chi connectivity index (χ2n) is 8.98. The van der Waals surface area contributed by atoms with Gasteiger partial charge >= 0.3 is 5.97 Å². The molecule has 0 bridgehead atoms. The van der Waals surface area contributed by atoms with E-state index in [1.54, 1.807) is 11.6 Å². The first-order valence-electron chi connectivity index (χ1n) is 11.4. The van der Waals surface area contributed by atoms with Crippen molar-refractivity contribution in [3.05, 3.63) is 66.2 Å². The van der Waals surface area contributed by atoms with Gasteiger partial charge in [0.1, 0.15) is 23.1 Å². The van der Waals surface area contributed by atoms with E-state index in [-0.39, 0.29) is 12.0 Å². The number of hydrogen-bond acceptors (Lipinski definition) is 6. The number of aromatic nitrogens is 3. The lowest BCUT2D eigenvalue weighted by molar-refractivity contribution is -0.162. The molecule has 0 aliphatic heterocycles. The van der Waals surface area contributed by atoms with Crippen molar-refractivity contribution in [1.82, 2.24) is 14.8 Å². The Morgan fingerprint density at radius 2 is 1.91 bits per heavy atom. The Labute approximate surface area is 197 Å². The summed E-state index contributed by atoms with van der Waals surface area (Å²) in [6.45, 7) is 4.05. The van der Waals surface area contributed by atoms with E-state index in [1.807, 2.05) is 67.6 Å². The topological polar surface area (TPSA) is 107 Å². The van der Waals surface area contributed by atoms with Crippen LogP contribution in [0.4, 0.5) is 5.82 Å². The van der Waals surface area contributed by atoms with Crippen molar-refractivity contribution >= 4 is 22.7 Å². The summed E-state index contributed by atoms with van der Waals surface area (Å²) in [6, 6.07) is 22.0. The summed E-state index contributed by atoms with van der Waals surface area (Å²) < 4.78 is 6.89. The lowest BCUT2D eigenvalue weighted by Gasteiger charge is -2.42. The third-order valence-electron chi connectivity index (χ3n) is 6.58. The average Bonchev–Trinajstić information content (AvgIpc) is 3.17. The molecular weight excluding hydrogens is 426 g/mol. The molecule has 170 valence electrons. The monoisotopic (exact) mass is 451 g/mol. The van der Waals surface area contributed by atoms with Crippen molar-refractivity contribution in [1.29, 1.82) is 5.26 Å². The lowest BCUT2D eigenvalue weighted by Crippen LogP contribution is -2.44. The van der Waals surface area contributed by atoms with Crippen molar-refractivity contribution in [3.63, 3.8) is 0 Å². The number of nitrogens with two attached hydrogens (primary N) is 1. The smallest absolute Gasteiger partial charge is 0.311 e. The van der Waals surface area contributed by atoms with Crippen LogP contribution in [0.3, 0.4) is 0 Å². The van der Waals surface area contributed by atoms with E-state index in [9.17, 15) is 10.1 Å². The number of carbonyl (C=O) groups excluding carboxylic acids is 1. The predicted octanol–water partition coefficient (Wildman–Crippen LogP) is 5.12. The molecule has 2 heterocycles. The maximum atomic E-state index is 12.3. The minimum absolute atomic E-state index is 0.0569. The van der Waals surface area contributed by atoms with Gasteiger partial charge in [-0.05, 0) is 38.8 Å². The molecule has 0 atom stereocenters. The van der Waals surface area contributed by atoms with Crippen LogP contribution in [0, 0.1) is 16.7 Å². The third kappa shape index (κ3) is 3.57. The number of nitriles is 1. The highest BCUT2D eigenvalue weighted by Crippen LogP contribution is 2.50. The first-order valence-corrected chi connectivity index (χ1v) is 11.4. The molecule has 2 aromatic carbocycles. The molecule has 0 saturated heterocycles. The highest BCUT2D eigenvalue weighted by Gasteiger charge is 2.49. The van der Waals surface area contributed by atoms with Crippen molar-refractivity contribution in [2.75, 3.05) is 12.3 Å². The van der Waals surface area contributed by atoms with Crippen molar-refractivity contribution < 1.29 is 9.53 Å². The van der Waals surface area contributed by atoms with Crippen LogP contribution in [-0.2, 0) is 9.53 Å². The molecule has 1 fully saturated rings. The summed E-state index contributed by atoms with van der Waals surface area (Å²) in [7, 11) is 0. The highest BCUT2D eigenvalue weighted by atomic mass is 16.5. The van der Waals surface area contributed by atoms with E-state index in [1.165, 1.54) is 0 Å². The van der Waals surface area contributed by atoms with Gasteiger partial charge in [-0.2, -0.15) is 10.4 Å². The molecule has 34 heavy (non-hydrogen) atoms. The zero-order valence-corrected chi connectivity index (χ0v) is 19.2. The highest BCUT2D eigenvalue weighted by molar-refractivity contribution is 5.87. The zero-order chi connectivity index (χ0) is 23.9. The van der Waals surface area contributed by atoms with Crippen LogP contribution in [0.2, 0.25) is 0 Å². The number of anilines is 1. The summed E-state index contributed by atoms with van der Waals surface area (Å²) in [4.78, 5) is 17.1. The summed E-state index contributed by atoms with van der Waals surface area (Å²) in [5.41, 5.74) is 10.2. The number of ether oxygens (including phenoxy) is 1. The molecule has 1 aliphatic carbocycles. The lowest BCUT2D eigenvalue weighted by atomic mass is 9.67. The Bertz CT molecular complexity index is 1430. The third-order valence-corrected chi connectivity index (χ3v) is 6.58. The van der Waals surface area contributed by atoms with E-state index in [0.717, 1.165) is 27.7 Å². The van der Waals surface area contributed by atoms with Gasteiger partial charge in [0.05, 0.1) is 29.3 Å². The average molecular weight is 452 g/mol. The van der Waals surface area contributed by atoms with Gasteiger partial charge in [-0.3, -0.25) is 4.79 Å². The van der Waals surface area contributed by atoms with E-state index < -0.39 is 5.41 Å². The molecule has 7 nitrogen and oxygen atoms in total. The van der Waals surface area contributed by atoms with Crippen LogP contribution in [0.15, 0.2) is 60.7 Å². The number of esters is 1. The van der Waals surface area contributed by atoms with E-state index in [2.05, 4.69) is 6.07 Å². The fourth-order valence-electron chi connectivity index (χ4n) is 4.70. The molecule has 0 radical (unpaired) electrons. The number of hydrogen-bond donors (Lipinski definition) is 1. The maximum Gasteiger partial charge on any atom is 0.311 e. The fraction of sp³-hybridized carbons (Fsp3) is 0.259. The molecule has 1 aliphatic rings. The standard InChI is InChI=1S/C27H25N5O2/c1-3-34-26(33)27(2)14-20(15-27)32-25(29)21(16-28)24(31-32)19-10-9-18-11-12-22(30-23(18)13-19)17-7-5-4-6-8-17/h4-13,20H,3,14-15,29H2,1-2H3/t20-,27-. The van der Waals surface area contributed by atoms with Gasteiger partial charge in [-0.1, -0.05) is 48.5 Å². The van der Waals surface area contributed by atoms with Gasteiger partial charge in [0, 0.05) is 16.5 Å². The summed E-state index contributed by atoms with van der Waals surface area (Å²) in [5, 5.41) is 15.6. The largest absolute Gasteiger partial charge is 0.466 e. The number of rotatable bonds is 5. The van der Waals surface area contributed by atoms with Crippen LogP contribution in [0.1, 0.15) is 38.3 Å². The molecule has 0 spiro atoms. The number of pyridine rings is 1. The van der Waals surface area contributed by atoms with Crippen LogP contribution in [-0.4, -0.2) is 27.3 Å². The van der Waals surface area contributed by atoms with E-state index >= 15 is 0 Å². The fourth-order valence-corrected chi connectivity index (χ4v) is 4.70. The summed E-state index contributed by atoms with van der Waals surface area (Å²) in [6.07, 6.45) is 1.14. The number of fused-ring (bicyclic) bond motifs is 1. The second-order valence-corrected chi connectivity index (χ2v) is 8.98. The molecule has 7 heteroatoms. The number of carbonyl (C=O) groups is 1. The van der Waals surface area contributed by atoms with Crippen LogP contribution in [0.5, 0.6) is 0 Å². The summed E-state index contributed by atoms with van der Waals surface area (Å²) >= 11 is 0. The maximum absolute atomic E-state index is 12.3. The number of nitrogens with zero attached hydrogens (tertiary/aromatic N) is 4. The minimum atomic E-state index is -0.549. The van der Waals surface area contributed by atoms with E-state index in [4.69, 9.17) is 20.6 Å². The molecular formula is C27H25N5O2. The molecule has 5 rings (SSSR count). The van der Waals surface area contributed by atoms with Gasteiger partial charge in [-0.25, -0.2) is 9.67 Å². The van der Waals surface area contributed by atoms with Crippen molar-refractivity contribution in [2.45, 2.75) is 32.7 Å². The van der Waals surface area contributed by atoms with Crippen molar-refractivity contribution in [3.8, 4) is 28.6 Å². The normalized spacial score (nSPS) is 19.4. The number of nitrogen functional groups attached to an aromatic ring is 1. The Kier molecular flexibility index (Phi) is 5.29. The Hall–Kier alpha value is -4.18. The predicted molar refractivity (Wildman–Crippen MR) is 131 cm³/mol. The zero-order valence-electron chi connectivity index (χ0n) is 19.2. The second kappa shape index (κ2) is 8.31. The van der Waals surface area contributed by atoms with Crippen LogP contribution >= 0.6 is 0 Å². The summed E-state index contributed by atoms with van der Waals surface area (Å²) in [5.74, 6) is 0.118. The van der Waals surface area contributed by atoms with Gasteiger partial charge in [0.15, 0.2) is 0 Å². The molecule has 2 aromatic heterocycles. The first-order chi connectivity index (χ1) is 16.4. The Morgan fingerprint density at radius 3 is 2.62 bits per heavy atom. The van der Waals surface area contributed by atoms with E-state index in [0.29, 0.717) is 36.5 Å². The molecule has 0 unspecified atom stereocenters. The van der Waals surface area contributed by atoms with Crippen LogP contribution in [0.25, 0.3) is 33.4 Å². The molecule has 0 amide bonds. The SMILES string of the molecule is CCOC(=O)[C@]1(C)C[C@@H](n2nc(-c3ccc4ccc(-c5ccccc5)nc4c3)c(C#N)c2N)C1. The van der Waals surface area contributed by atoms with Gasteiger partial charge in [-0.15, -0.1) is 0 Å². The van der Waals surface area contributed by atoms with Crippen molar-refractivity contribution in [2.24, 2.45) is 5.41 Å². The Balaban J connectivity index is 1.50. The Morgan fingerprint density at radius 1 is 1.18 bits per heavy atom. The quantitative estimate of drug-likeness (QED) is 0.422. The minimum Gasteiger partial charge on any atom is -0.466 e. The van der Waals surface area contributed by atoms with Gasteiger partial charge in [0.2, 0.25) is 0 Å². The van der Waals surface area contributed by atoms with Gasteiger partial charge < -0.3 is 10.5 Å². The van der Waals surface area contributed by atoms with Gasteiger partial charge in [0.25, 0.3) is 0 Å². The molecule has 1 saturated carbocycles. The first kappa shape index (κ1) is 21.7.